The Morgan fingerprint density at radius 1 is 1.24 bits per heavy atom. The lowest BCUT2D eigenvalue weighted by atomic mass is 10.2. The highest BCUT2D eigenvalue weighted by molar-refractivity contribution is 7.90. The van der Waals surface area contributed by atoms with Crippen LogP contribution >= 0.6 is 11.3 Å². The highest BCUT2D eigenvalue weighted by atomic mass is 32.2. The second-order valence-electron chi connectivity index (χ2n) is 5.30. The topological polar surface area (TPSA) is 118 Å². The molecule has 0 saturated carbocycles. The number of hydrogen-bond acceptors (Lipinski definition) is 7. The number of rotatable bonds is 7. The van der Waals surface area contributed by atoms with Crippen LogP contribution in [0, 0.1) is 17.0 Å². The summed E-state index contributed by atoms with van der Waals surface area (Å²) in [5.41, 5.74) is -0.137. The molecule has 0 aliphatic rings. The third-order valence-corrected chi connectivity index (χ3v) is 5.39. The van der Waals surface area contributed by atoms with Gasteiger partial charge in [0.25, 0.3) is 11.6 Å². The Hall–Kier alpha value is -2.46. The highest BCUT2D eigenvalue weighted by Crippen LogP contribution is 2.27. The minimum Gasteiger partial charge on any atom is -0.378 e. The van der Waals surface area contributed by atoms with Crippen LogP contribution in [0.4, 0.5) is 11.4 Å². The van der Waals surface area contributed by atoms with E-state index >= 15 is 0 Å². The van der Waals surface area contributed by atoms with Gasteiger partial charge in [-0.25, -0.2) is 8.42 Å². The third kappa shape index (κ3) is 5.00. The maximum Gasteiger partial charge on any atom is 0.293 e. The van der Waals surface area contributed by atoms with Gasteiger partial charge in [-0.05, 0) is 31.2 Å². The van der Waals surface area contributed by atoms with Crippen LogP contribution in [0.15, 0.2) is 35.2 Å². The Morgan fingerprint density at radius 3 is 2.52 bits per heavy atom. The zero-order chi connectivity index (χ0) is 18.6. The summed E-state index contributed by atoms with van der Waals surface area (Å²) < 4.78 is 23.0. The van der Waals surface area contributed by atoms with Crippen molar-refractivity contribution in [3.63, 3.8) is 0 Å². The lowest BCUT2D eigenvalue weighted by Crippen LogP contribution is -2.28. The largest absolute Gasteiger partial charge is 0.378 e. The van der Waals surface area contributed by atoms with E-state index in [9.17, 15) is 23.3 Å². The van der Waals surface area contributed by atoms with Crippen molar-refractivity contribution in [3.05, 3.63) is 50.2 Å². The Kier molecular flexibility index (Phi) is 5.75. The molecule has 1 amide bonds. The summed E-state index contributed by atoms with van der Waals surface area (Å²) in [7, 11) is -3.53. The SMILES string of the molecule is Cc1ccc(C(=O)NCCNc2ccc(S(C)(=O)=O)cc2[N+](=O)[O-])s1. The van der Waals surface area contributed by atoms with E-state index < -0.39 is 14.8 Å². The van der Waals surface area contributed by atoms with Crippen molar-refractivity contribution in [2.45, 2.75) is 11.8 Å². The highest BCUT2D eigenvalue weighted by Gasteiger charge is 2.18. The number of benzene rings is 1. The second kappa shape index (κ2) is 7.62. The van der Waals surface area contributed by atoms with Gasteiger partial charge >= 0.3 is 0 Å². The number of nitrogens with one attached hydrogen (secondary N) is 2. The van der Waals surface area contributed by atoms with E-state index in [4.69, 9.17) is 0 Å². The van der Waals surface area contributed by atoms with Gasteiger partial charge in [0.1, 0.15) is 5.69 Å². The minimum absolute atomic E-state index is 0.119. The smallest absolute Gasteiger partial charge is 0.293 e. The first-order chi connectivity index (χ1) is 11.7. The first kappa shape index (κ1) is 18.9. The summed E-state index contributed by atoms with van der Waals surface area (Å²) in [4.78, 5) is 23.9. The molecule has 2 N–H and O–H groups in total. The van der Waals surface area contributed by atoms with Gasteiger partial charge in [0.05, 0.1) is 14.7 Å². The van der Waals surface area contributed by atoms with Gasteiger partial charge in [-0.2, -0.15) is 0 Å². The van der Waals surface area contributed by atoms with Crippen molar-refractivity contribution in [1.82, 2.24) is 5.32 Å². The average Bonchev–Trinajstić information content (AvgIpc) is 2.97. The molecule has 10 heteroatoms. The number of carbonyl (C=O) groups is 1. The molecule has 25 heavy (non-hydrogen) atoms. The van der Waals surface area contributed by atoms with E-state index in [0.29, 0.717) is 4.88 Å². The molecule has 0 unspecified atom stereocenters. The van der Waals surface area contributed by atoms with E-state index in [2.05, 4.69) is 10.6 Å². The van der Waals surface area contributed by atoms with Crippen molar-refractivity contribution in [3.8, 4) is 0 Å². The number of nitro benzene ring substituents is 1. The first-order valence-corrected chi connectivity index (χ1v) is 9.96. The third-order valence-electron chi connectivity index (χ3n) is 3.28. The Morgan fingerprint density at radius 2 is 1.96 bits per heavy atom. The van der Waals surface area contributed by atoms with Crippen LogP contribution < -0.4 is 10.6 Å². The Bertz CT molecular complexity index is 906. The van der Waals surface area contributed by atoms with Gasteiger partial charge < -0.3 is 10.6 Å². The molecule has 0 aliphatic carbocycles. The molecule has 0 spiro atoms. The lowest BCUT2D eigenvalue weighted by molar-refractivity contribution is -0.384. The number of anilines is 1. The quantitative estimate of drug-likeness (QED) is 0.430. The van der Waals surface area contributed by atoms with E-state index in [1.54, 1.807) is 6.07 Å². The molecule has 0 radical (unpaired) electrons. The maximum atomic E-state index is 11.9. The van der Waals surface area contributed by atoms with Crippen LogP contribution in [0.3, 0.4) is 0 Å². The molecule has 0 bridgehead atoms. The van der Waals surface area contributed by atoms with Gasteiger partial charge in [-0.15, -0.1) is 11.3 Å². The monoisotopic (exact) mass is 383 g/mol. The number of hydrogen-bond donors (Lipinski definition) is 2. The number of sulfone groups is 1. The van der Waals surface area contributed by atoms with Crippen LogP contribution in [0.5, 0.6) is 0 Å². The molecule has 0 atom stereocenters. The van der Waals surface area contributed by atoms with Crippen molar-refractivity contribution in [2.75, 3.05) is 24.7 Å². The molecule has 8 nitrogen and oxygen atoms in total. The number of nitro groups is 1. The molecule has 0 fully saturated rings. The molecule has 1 heterocycles. The standard InChI is InChI=1S/C15H17N3O5S2/c1-10-3-6-14(24-10)15(19)17-8-7-16-12-5-4-11(25(2,22)23)9-13(12)18(20)21/h3-6,9,16H,7-8H2,1-2H3,(H,17,19). The molecule has 134 valence electrons. The van der Waals surface area contributed by atoms with Crippen molar-refractivity contribution in [2.24, 2.45) is 0 Å². The van der Waals surface area contributed by atoms with Gasteiger partial charge in [0, 0.05) is 30.3 Å². The van der Waals surface area contributed by atoms with Crippen LogP contribution in [0.2, 0.25) is 0 Å². The summed E-state index contributed by atoms with van der Waals surface area (Å²) in [6, 6.07) is 7.25. The fourth-order valence-corrected chi connectivity index (χ4v) is 3.48. The summed E-state index contributed by atoms with van der Waals surface area (Å²) in [6.07, 6.45) is 0.987. The summed E-state index contributed by atoms with van der Waals surface area (Å²) >= 11 is 1.38. The second-order valence-corrected chi connectivity index (χ2v) is 8.60. The summed E-state index contributed by atoms with van der Waals surface area (Å²) in [5.74, 6) is -0.207. The van der Waals surface area contributed by atoms with Gasteiger partial charge in [-0.3, -0.25) is 14.9 Å². The molecule has 2 aromatic rings. The van der Waals surface area contributed by atoms with Crippen molar-refractivity contribution < 1.29 is 18.1 Å². The van der Waals surface area contributed by atoms with Crippen molar-refractivity contribution >= 4 is 38.5 Å². The number of amides is 1. The number of carbonyl (C=O) groups excluding carboxylic acids is 1. The zero-order valence-corrected chi connectivity index (χ0v) is 15.2. The van der Waals surface area contributed by atoms with Crippen LogP contribution in [-0.2, 0) is 9.84 Å². The molecule has 0 aliphatic heterocycles. The van der Waals surface area contributed by atoms with Crippen LogP contribution in [-0.4, -0.2) is 38.6 Å². The Balaban J connectivity index is 1.98. The molecule has 1 aromatic carbocycles. The van der Waals surface area contributed by atoms with E-state index in [1.165, 1.54) is 23.5 Å². The summed E-state index contributed by atoms with van der Waals surface area (Å²) in [5, 5.41) is 16.7. The number of nitrogens with zero attached hydrogens (tertiary/aromatic N) is 1. The maximum absolute atomic E-state index is 11.9. The minimum atomic E-state index is -3.53. The van der Waals surface area contributed by atoms with Gasteiger partial charge in [-0.1, -0.05) is 0 Å². The van der Waals surface area contributed by atoms with Crippen LogP contribution in [0.1, 0.15) is 14.5 Å². The molecule has 2 rings (SSSR count). The number of aryl methyl sites for hydroxylation is 1. The normalized spacial score (nSPS) is 11.1. The van der Waals surface area contributed by atoms with E-state index in [0.717, 1.165) is 17.2 Å². The van der Waals surface area contributed by atoms with E-state index in [-0.39, 0.29) is 35.3 Å². The average molecular weight is 383 g/mol. The molecular formula is C15H17N3O5S2. The van der Waals surface area contributed by atoms with Gasteiger partial charge in [0.2, 0.25) is 0 Å². The fourth-order valence-electron chi connectivity index (χ4n) is 2.06. The van der Waals surface area contributed by atoms with Gasteiger partial charge in [0.15, 0.2) is 9.84 Å². The van der Waals surface area contributed by atoms with Crippen molar-refractivity contribution in [1.29, 1.82) is 0 Å². The molecule has 1 aromatic heterocycles. The first-order valence-electron chi connectivity index (χ1n) is 7.25. The van der Waals surface area contributed by atoms with E-state index in [1.807, 2.05) is 13.0 Å². The zero-order valence-electron chi connectivity index (χ0n) is 13.6. The lowest BCUT2D eigenvalue weighted by Gasteiger charge is -2.09. The molecular weight excluding hydrogens is 366 g/mol. The fraction of sp³-hybridized carbons (Fsp3) is 0.267. The summed E-state index contributed by atoms with van der Waals surface area (Å²) in [6.45, 7) is 2.43. The predicted molar refractivity (Wildman–Crippen MR) is 96.1 cm³/mol. The van der Waals surface area contributed by atoms with Crippen LogP contribution in [0.25, 0.3) is 0 Å². The Labute approximate surface area is 148 Å². The predicted octanol–water partition coefficient (Wildman–Crippen LogP) is 2.21. The number of thiophene rings is 1. The molecule has 0 saturated heterocycles.